The molecule has 1 fully saturated rings. The van der Waals surface area contributed by atoms with E-state index in [9.17, 15) is 9.90 Å². The molecule has 14 heavy (non-hydrogen) atoms. The first kappa shape index (κ1) is 11.5. The van der Waals surface area contributed by atoms with E-state index in [0.29, 0.717) is 19.5 Å². The summed E-state index contributed by atoms with van der Waals surface area (Å²) in [6.45, 7) is 2.77. The Kier molecular flexibility index (Phi) is 3.89. The maximum atomic E-state index is 11.4. The number of hydrogen-bond acceptors (Lipinski definition) is 3. The number of amides is 1. The molecule has 1 rings (SSSR count). The minimum atomic E-state index is -0.627. The molecule has 82 valence electrons. The standard InChI is InChI=1S/C10H20N2O2/c1-8(3-6-11)9(13)12-7-10(14)4-2-5-10/h8,14H,2-7,11H2,1H3,(H,12,13). The molecule has 0 heterocycles. The molecule has 1 aliphatic carbocycles. The largest absolute Gasteiger partial charge is 0.388 e. The van der Waals surface area contributed by atoms with E-state index in [-0.39, 0.29) is 11.8 Å². The summed E-state index contributed by atoms with van der Waals surface area (Å²) >= 11 is 0. The van der Waals surface area contributed by atoms with Crippen molar-refractivity contribution in [3.05, 3.63) is 0 Å². The molecule has 1 saturated carbocycles. The van der Waals surface area contributed by atoms with Gasteiger partial charge in [-0.15, -0.1) is 0 Å². The van der Waals surface area contributed by atoms with Crippen LogP contribution in [-0.2, 0) is 4.79 Å². The summed E-state index contributed by atoms with van der Waals surface area (Å²) in [7, 11) is 0. The lowest BCUT2D eigenvalue weighted by Gasteiger charge is -2.36. The van der Waals surface area contributed by atoms with Crippen molar-refractivity contribution in [2.24, 2.45) is 11.7 Å². The van der Waals surface area contributed by atoms with Crippen molar-refractivity contribution in [1.82, 2.24) is 5.32 Å². The Morgan fingerprint density at radius 3 is 2.71 bits per heavy atom. The molecule has 0 aliphatic heterocycles. The van der Waals surface area contributed by atoms with Gasteiger partial charge in [-0.25, -0.2) is 0 Å². The summed E-state index contributed by atoms with van der Waals surface area (Å²) < 4.78 is 0. The van der Waals surface area contributed by atoms with Gasteiger partial charge in [-0.3, -0.25) is 4.79 Å². The van der Waals surface area contributed by atoms with Gasteiger partial charge in [-0.2, -0.15) is 0 Å². The second-order valence-electron chi connectivity index (χ2n) is 4.27. The molecule has 0 spiro atoms. The molecule has 4 heteroatoms. The van der Waals surface area contributed by atoms with Gasteiger partial charge < -0.3 is 16.2 Å². The summed E-state index contributed by atoms with van der Waals surface area (Å²) in [6, 6.07) is 0. The van der Waals surface area contributed by atoms with Crippen LogP contribution in [0.15, 0.2) is 0 Å². The third-order valence-electron chi connectivity index (χ3n) is 2.92. The fourth-order valence-corrected chi connectivity index (χ4v) is 1.57. The van der Waals surface area contributed by atoms with Crippen LogP contribution in [0, 0.1) is 5.92 Å². The average molecular weight is 200 g/mol. The van der Waals surface area contributed by atoms with Crippen LogP contribution in [0.5, 0.6) is 0 Å². The number of nitrogens with one attached hydrogen (secondary N) is 1. The fraction of sp³-hybridized carbons (Fsp3) is 0.900. The first-order valence-electron chi connectivity index (χ1n) is 5.27. The van der Waals surface area contributed by atoms with E-state index in [0.717, 1.165) is 19.3 Å². The highest BCUT2D eigenvalue weighted by molar-refractivity contribution is 5.78. The van der Waals surface area contributed by atoms with Crippen LogP contribution in [0.3, 0.4) is 0 Å². The number of aliphatic hydroxyl groups is 1. The SMILES string of the molecule is CC(CCN)C(=O)NCC1(O)CCC1. The molecule has 1 amide bonds. The number of hydrogen-bond donors (Lipinski definition) is 3. The van der Waals surface area contributed by atoms with Crippen LogP contribution >= 0.6 is 0 Å². The molecule has 4 nitrogen and oxygen atoms in total. The van der Waals surface area contributed by atoms with E-state index >= 15 is 0 Å². The summed E-state index contributed by atoms with van der Waals surface area (Å²) in [4.78, 5) is 11.4. The van der Waals surface area contributed by atoms with E-state index in [2.05, 4.69) is 5.32 Å². The van der Waals surface area contributed by atoms with Crippen LogP contribution in [-0.4, -0.2) is 29.7 Å². The Morgan fingerprint density at radius 1 is 1.64 bits per heavy atom. The zero-order valence-electron chi connectivity index (χ0n) is 8.75. The molecule has 0 aromatic carbocycles. The maximum Gasteiger partial charge on any atom is 0.222 e. The Hall–Kier alpha value is -0.610. The summed E-state index contributed by atoms with van der Waals surface area (Å²) in [5, 5.41) is 12.5. The highest BCUT2D eigenvalue weighted by atomic mass is 16.3. The molecule has 0 bridgehead atoms. The lowest BCUT2D eigenvalue weighted by Crippen LogP contribution is -2.48. The van der Waals surface area contributed by atoms with E-state index in [1.807, 2.05) is 6.92 Å². The summed E-state index contributed by atoms with van der Waals surface area (Å²) in [6.07, 6.45) is 3.37. The second-order valence-corrected chi connectivity index (χ2v) is 4.27. The predicted octanol–water partition coefficient (Wildman–Crippen LogP) is 0.00250. The third-order valence-corrected chi connectivity index (χ3v) is 2.92. The topological polar surface area (TPSA) is 75.4 Å². The van der Waals surface area contributed by atoms with Gasteiger partial charge in [0.2, 0.25) is 5.91 Å². The third kappa shape index (κ3) is 2.96. The van der Waals surface area contributed by atoms with Gasteiger partial charge in [0.05, 0.1) is 5.60 Å². The fourth-order valence-electron chi connectivity index (χ4n) is 1.57. The van der Waals surface area contributed by atoms with Crippen molar-refractivity contribution in [2.75, 3.05) is 13.1 Å². The number of carbonyl (C=O) groups excluding carboxylic acids is 1. The van der Waals surface area contributed by atoms with Gasteiger partial charge in [-0.05, 0) is 32.2 Å². The Balaban J connectivity index is 2.20. The minimum Gasteiger partial charge on any atom is -0.388 e. The predicted molar refractivity (Wildman–Crippen MR) is 54.6 cm³/mol. The van der Waals surface area contributed by atoms with E-state index < -0.39 is 5.60 Å². The van der Waals surface area contributed by atoms with Gasteiger partial charge in [0.15, 0.2) is 0 Å². The van der Waals surface area contributed by atoms with Crippen molar-refractivity contribution in [3.63, 3.8) is 0 Å². The maximum absolute atomic E-state index is 11.4. The number of carbonyl (C=O) groups is 1. The molecule has 0 aromatic heterocycles. The van der Waals surface area contributed by atoms with Crippen molar-refractivity contribution >= 4 is 5.91 Å². The molecular weight excluding hydrogens is 180 g/mol. The second kappa shape index (κ2) is 4.75. The van der Waals surface area contributed by atoms with Crippen LogP contribution < -0.4 is 11.1 Å². The summed E-state index contributed by atoms with van der Waals surface area (Å²) in [5.74, 6) is -0.0561. The first-order valence-corrected chi connectivity index (χ1v) is 5.27. The first-order chi connectivity index (χ1) is 6.57. The zero-order valence-corrected chi connectivity index (χ0v) is 8.75. The Labute approximate surface area is 84.9 Å². The number of rotatable bonds is 5. The Bertz CT molecular complexity index is 202. The van der Waals surface area contributed by atoms with Gasteiger partial charge in [0.25, 0.3) is 0 Å². The lowest BCUT2D eigenvalue weighted by molar-refractivity contribution is -0.127. The van der Waals surface area contributed by atoms with Crippen molar-refractivity contribution < 1.29 is 9.90 Å². The number of nitrogens with two attached hydrogens (primary N) is 1. The average Bonchev–Trinajstić information content (AvgIpc) is 2.11. The normalized spacial score (nSPS) is 21.1. The summed E-state index contributed by atoms with van der Waals surface area (Å²) in [5.41, 5.74) is 4.73. The smallest absolute Gasteiger partial charge is 0.222 e. The molecule has 0 radical (unpaired) electrons. The van der Waals surface area contributed by atoms with Gasteiger partial charge in [0.1, 0.15) is 0 Å². The van der Waals surface area contributed by atoms with Crippen LogP contribution in [0.4, 0.5) is 0 Å². The van der Waals surface area contributed by atoms with Crippen molar-refractivity contribution in [1.29, 1.82) is 0 Å². The zero-order chi connectivity index (χ0) is 10.6. The highest BCUT2D eigenvalue weighted by Crippen LogP contribution is 2.30. The molecule has 4 N–H and O–H groups in total. The quantitative estimate of drug-likeness (QED) is 0.585. The van der Waals surface area contributed by atoms with Gasteiger partial charge >= 0.3 is 0 Å². The lowest BCUT2D eigenvalue weighted by atomic mass is 9.80. The van der Waals surface area contributed by atoms with Crippen LogP contribution in [0.1, 0.15) is 32.6 Å². The van der Waals surface area contributed by atoms with Crippen molar-refractivity contribution in [3.8, 4) is 0 Å². The molecular formula is C10H20N2O2. The van der Waals surface area contributed by atoms with E-state index in [4.69, 9.17) is 5.73 Å². The molecule has 1 aliphatic rings. The van der Waals surface area contributed by atoms with Crippen molar-refractivity contribution in [2.45, 2.75) is 38.2 Å². The monoisotopic (exact) mass is 200 g/mol. The van der Waals surface area contributed by atoms with Crippen LogP contribution in [0.25, 0.3) is 0 Å². The molecule has 1 unspecified atom stereocenters. The Morgan fingerprint density at radius 2 is 2.29 bits per heavy atom. The van der Waals surface area contributed by atoms with Crippen LogP contribution in [0.2, 0.25) is 0 Å². The van der Waals surface area contributed by atoms with Gasteiger partial charge in [0, 0.05) is 12.5 Å². The molecule has 0 saturated heterocycles. The minimum absolute atomic E-state index is 0.00391. The van der Waals surface area contributed by atoms with Gasteiger partial charge in [-0.1, -0.05) is 6.92 Å². The highest BCUT2D eigenvalue weighted by Gasteiger charge is 2.34. The molecule has 1 atom stereocenters. The van der Waals surface area contributed by atoms with E-state index in [1.165, 1.54) is 0 Å². The molecule has 0 aromatic rings. The van der Waals surface area contributed by atoms with E-state index in [1.54, 1.807) is 0 Å².